The van der Waals surface area contributed by atoms with Gasteiger partial charge in [0.05, 0.1) is 17.1 Å². The van der Waals surface area contributed by atoms with E-state index in [0.29, 0.717) is 5.82 Å². The second-order valence-electron chi connectivity index (χ2n) is 4.16. The molecule has 0 aromatic carbocycles. The van der Waals surface area contributed by atoms with Gasteiger partial charge in [0.25, 0.3) is 0 Å². The maximum atomic E-state index is 11.4. The predicted octanol–water partition coefficient (Wildman–Crippen LogP) is 1.38. The zero-order valence-corrected chi connectivity index (χ0v) is 11.7. The van der Waals surface area contributed by atoms with Gasteiger partial charge in [-0.15, -0.1) is 0 Å². The van der Waals surface area contributed by atoms with Crippen molar-refractivity contribution in [1.29, 1.82) is 10.5 Å². The summed E-state index contributed by atoms with van der Waals surface area (Å²) in [5.74, 6) is 0.193. The minimum absolute atomic E-state index is 0.0698. The first-order chi connectivity index (χ1) is 11.2. The minimum Gasteiger partial charge on any atom is -0.324 e. The summed E-state index contributed by atoms with van der Waals surface area (Å²) >= 11 is 0. The monoisotopic (exact) mass is 310 g/mol. The van der Waals surface area contributed by atoms with Crippen molar-refractivity contribution in [2.75, 3.05) is 23.3 Å². The molecule has 0 bridgehead atoms. The lowest BCUT2D eigenvalue weighted by Crippen LogP contribution is -2.26. The number of nitrogens with one attached hydrogen (secondary N) is 1. The molecular formula is C13H10N8O2. The van der Waals surface area contributed by atoms with Crippen LogP contribution in [0.4, 0.5) is 23.1 Å². The predicted molar refractivity (Wildman–Crippen MR) is 79.6 cm³/mol. The van der Waals surface area contributed by atoms with Gasteiger partial charge in [0.1, 0.15) is 25.2 Å². The van der Waals surface area contributed by atoms with Gasteiger partial charge in [-0.3, -0.25) is 10.1 Å². The van der Waals surface area contributed by atoms with E-state index in [1.54, 1.807) is 18.2 Å². The van der Waals surface area contributed by atoms with Gasteiger partial charge in [-0.05, 0) is 12.1 Å². The molecule has 0 unspecified atom stereocenters. The fourth-order valence-corrected chi connectivity index (χ4v) is 1.79. The van der Waals surface area contributed by atoms with Crippen molar-refractivity contribution in [3.63, 3.8) is 0 Å². The Kier molecular flexibility index (Phi) is 4.94. The van der Waals surface area contributed by atoms with Crippen LogP contribution in [0, 0.1) is 32.8 Å². The van der Waals surface area contributed by atoms with E-state index in [4.69, 9.17) is 10.5 Å². The number of hydrogen-bond donors (Lipinski definition) is 1. The zero-order chi connectivity index (χ0) is 16.7. The molecule has 0 radical (unpaired) electrons. The molecule has 0 aliphatic carbocycles. The summed E-state index contributed by atoms with van der Waals surface area (Å²) in [5, 5.41) is 31.8. The fraction of sp³-hybridized carbons (Fsp3) is 0.154. The van der Waals surface area contributed by atoms with Crippen molar-refractivity contribution >= 4 is 23.1 Å². The van der Waals surface area contributed by atoms with Crippen LogP contribution in [0.1, 0.15) is 0 Å². The van der Waals surface area contributed by atoms with Gasteiger partial charge in [0.2, 0.25) is 11.6 Å². The largest absolute Gasteiger partial charge is 0.353 e. The molecule has 10 nitrogen and oxygen atoms in total. The maximum absolute atomic E-state index is 11.4. The molecule has 114 valence electrons. The van der Waals surface area contributed by atoms with E-state index in [0.717, 1.165) is 6.33 Å². The summed E-state index contributed by atoms with van der Waals surface area (Å²) < 4.78 is 0. The van der Waals surface area contributed by atoms with Crippen LogP contribution in [-0.4, -0.2) is 33.0 Å². The van der Waals surface area contributed by atoms with E-state index < -0.39 is 10.6 Å². The van der Waals surface area contributed by atoms with E-state index in [2.05, 4.69) is 20.3 Å². The lowest BCUT2D eigenvalue weighted by molar-refractivity contribution is -0.383. The molecule has 0 fully saturated rings. The molecule has 0 saturated carbocycles. The molecule has 2 rings (SSSR count). The average molecular weight is 310 g/mol. The number of nitriles is 2. The molecule has 0 spiro atoms. The Morgan fingerprint density at radius 3 is 2.52 bits per heavy atom. The second-order valence-corrected chi connectivity index (χ2v) is 4.16. The smallest absolute Gasteiger partial charge is 0.324 e. The van der Waals surface area contributed by atoms with Crippen LogP contribution >= 0.6 is 0 Å². The van der Waals surface area contributed by atoms with E-state index in [9.17, 15) is 10.1 Å². The molecule has 0 aliphatic heterocycles. The van der Waals surface area contributed by atoms with Crippen LogP contribution in [0.2, 0.25) is 0 Å². The highest BCUT2D eigenvalue weighted by molar-refractivity contribution is 5.73. The SMILES string of the molecule is N#CCN(CC#N)c1ncnc(Nc2ccccn2)c1[N+](=O)[O-]. The molecular weight excluding hydrogens is 300 g/mol. The molecule has 0 atom stereocenters. The highest BCUT2D eigenvalue weighted by atomic mass is 16.6. The number of hydrogen-bond acceptors (Lipinski definition) is 9. The highest BCUT2D eigenvalue weighted by Gasteiger charge is 2.27. The lowest BCUT2D eigenvalue weighted by Gasteiger charge is -2.17. The summed E-state index contributed by atoms with van der Waals surface area (Å²) in [6.45, 7) is -0.428. The highest BCUT2D eigenvalue weighted by Crippen LogP contribution is 2.32. The Hall–Kier alpha value is -3.79. The van der Waals surface area contributed by atoms with E-state index in [1.165, 1.54) is 11.1 Å². The van der Waals surface area contributed by atoms with Crippen molar-refractivity contribution in [2.24, 2.45) is 0 Å². The van der Waals surface area contributed by atoms with Gasteiger partial charge in [-0.25, -0.2) is 15.0 Å². The number of pyridine rings is 1. The standard InChI is InChI=1S/C13H10N8O2/c14-4-7-20(8-5-15)13-11(21(22)23)12(17-9-18-13)19-10-3-1-2-6-16-10/h1-3,6,9H,7-8H2,(H,16,17,18,19). The van der Waals surface area contributed by atoms with Crippen LogP contribution in [0.25, 0.3) is 0 Å². The average Bonchev–Trinajstić information content (AvgIpc) is 2.55. The minimum atomic E-state index is -0.664. The Morgan fingerprint density at radius 1 is 1.22 bits per heavy atom. The number of anilines is 3. The van der Waals surface area contributed by atoms with Crippen LogP contribution in [0.5, 0.6) is 0 Å². The van der Waals surface area contributed by atoms with Crippen LogP contribution < -0.4 is 10.2 Å². The lowest BCUT2D eigenvalue weighted by atomic mass is 10.3. The van der Waals surface area contributed by atoms with E-state index in [1.807, 2.05) is 12.1 Å². The molecule has 10 heteroatoms. The van der Waals surface area contributed by atoms with Crippen LogP contribution in [0.15, 0.2) is 30.7 Å². The topological polar surface area (TPSA) is 145 Å². The molecule has 2 aromatic rings. The van der Waals surface area contributed by atoms with E-state index in [-0.39, 0.29) is 24.7 Å². The summed E-state index contributed by atoms with van der Waals surface area (Å²) in [6.07, 6.45) is 2.64. The Labute approximate surface area is 130 Å². The van der Waals surface area contributed by atoms with Gasteiger partial charge >= 0.3 is 5.69 Å². The molecule has 0 aliphatic rings. The van der Waals surface area contributed by atoms with Crippen LogP contribution in [-0.2, 0) is 0 Å². The van der Waals surface area contributed by atoms with Crippen molar-refractivity contribution in [1.82, 2.24) is 15.0 Å². The molecule has 2 aromatic heterocycles. The third-order valence-electron chi connectivity index (χ3n) is 2.72. The van der Waals surface area contributed by atoms with Crippen molar-refractivity contribution in [2.45, 2.75) is 0 Å². The number of nitro groups is 1. The van der Waals surface area contributed by atoms with Gasteiger partial charge in [0, 0.05) is 6.20 Å². The third-order valence-corrected chi connectivity index (χ3v) is 2.72. The summed E-state index contributed by atoms with van der Waals surface area (Å²) in [4.78, 5) is 23.7. The van der Waals surface area contributed by atoms with Crippen LogP contribution in [0.3, 0.4) is 0 Å². The molecule has 1 N–H and O–H groups in total. The Bertz CT molecular complexity index is 765. The molecule has 2 heterocycles. The van der Waals surface area contributed by atoms with E-state index >= 15 is 0 Å². The summed E-state index contributed by atoms with van der Waals surface area (Å²) in [6, 6.07) is 8.72. The number of nitrogens with zero attached hydrogens (tertiary/aromatic N) is 7. The number of rotatable bonds is 6. The molecule has 23 heavy (non-hydrogen) atoms. The first-order valence-electron chi connectivity index (χ1n) is 6.33. The summed E-state index contributed by atoms with van der Waals surface area (Å²) in [7, 11) is 0. The number of aromatic nitrogens is 3. The Balaban J connectivity index is 2.48. The van der Waals surface area contributed by atoms with Gasteiger partial charge in [-0.1, -0.05) is 6.07 Å². The van der Waals surface area contributed by atoms with Crippen molar-refractivity contribution in [3.05, 3.63) is 40.8 Å². The maximum Gasteiger partial charge on any atom is 0.353 e. The second kappa shape index (κ2) is 7.28. The van der Waals surface area contributed by atoms with Gasteiger partial charge in [0.15, 0.2) is 0 Å². The Morgan fingerprint density at radius 2 is 1.96 bits per heavy atom. The first-order valence-corrected chi connectivity index (χ1v) is 6.33. The zero-order valence-electron chi connectivity index (χ0n) is 11.7. The van der Waals surface area contributed by atoms with Gasteiger partial charge < -0.3 is 10.2 Å². The normalized spacial score (nSPS) is 9.48. The van der Waals surface area contributed by atoms with Gasteiger partial charge in [-0.2, -0.15) is 10.5 Å². The van der Waals surface area contributed by atoms with Crippen molar-refractivity contribution < 1.29 is 4.92 Å². The molecule has 0 amide bonds. The fourth-order valence-electron chi connectivity index (χ4n) is 1.79. The quantitative estimate of drug-likeness (QED) is 0.475. The first kappa shape index (κ1) is 15.6. The third kappa shape index (κ3) is 3.65. The molecule has 0 saturated heterocycles. The van der Waals surface area contributed by atoms with Crippen molar-refractivity contribution in [3.8, 4) is 12.1 Å². The summed E-state index contributed by atoms with van der Waals surface area (Å²) in [5.41, 5.74) is -0.427.